The third kappa shape index (κ3) is 2.37. The van der Waals surface area contributed by atoms with Crippen LogP contribution in [0.1, 0.15) is 0 Å². The van der Waals surface area contributed by atoms with E-state index in [1.165, 1.54) is 0 Å². The van der Waals surface area contributed by atoms with Crippen LogP contribution in [0.25, 0.3) is 11.0 Å². The lowest BCUT2D eigenvalue weighted by Gasteiger charge is -2.03. The first-order valence-electron chi connectivity index (χ1n) is 5.04. The van der Waals surface area contributed by atoms with Crippen LogP contribution in [-0.4, -0.2) is 15.0 Å². The second kappa shape index (κ2) is 4.84. The van der Waals surface area contributed by atoms with Gasteiger partial charge in [-0.3, -0.25) is 0 Å². The Hall–Kier alpha value is -2.07. The zero-order chi connectivity index (χ0) is 10.8. The number of H-pyrrole nitrogens is 1. The average molecular weight is 247 g/mol. The van der Waals surface area contributed by atoms with Crippen molar-refractivity contribution in [2.24, 2.45) is 0 Å². The van der Waals surface area contributed by atoms with Crippen LogP contribution in [0.3, 0.4) is 0 Å². The number of nitrogens with zero attached hydrogens (tertiary/aromatic N) is 2. The van der Waals surface area contributed by atoms with Crippen molar-refractivity contribution >= 4 is 35.1 Å². The minimum absolute atomic E-state index is 0. The van der Waals surface area contributed by atoms with Crippen LogP contribution in [0.2, 0.25) is 0 Å². The van der Waals surface area contributed by atoms with Crippen molar-refractivity contribution in [2.75, 3.05) is 5.32 Å². The van der Waals surface area contributed by atoms with Crippen LogP contribution in [0.15, 0.2) is 48.8 Å². The molecular weight excluding hydrogens is 236 g/mol. The van der Waals surface area contributed by atoms with Crippen molar-refractivity contribution in [1.29, 1.82) is 0 Å². The van der Waals surface area contributed by atoms with E-state index in [0.717, 1.165) is 22.7 Å². The fourth-order valence-electron chi connectivity index (χ4n) is 1.57. The number of rotatable bonds is 2. The average Bonchev–Trinajstić information content (AvgIpc) is 2.77. The van der Waals surface area contributed by atoms with Gasteiger partial charge >= 0.3 is 0 Å². The summed E-state index contributed by atoms with van der Waals surface area (Å²) in [4.78, 5) is 11.7. The third-order valence-corrected chi connectivity index (χ3v) is 2.33. The van der Waals surface area contributed by atoms with Crippen molar-refractivity contribution < 1.29 is 0 Å². The summed E-state index contributed by atoms with van der Waals surface area (Å²) in [5.41, 5.74) is 0.876. The highest BCUT2D eigenvalue weighted by atomic mass is 35.5. The number of halogens is 1. The van der Waals surface area contributed by atoms with Gasteiger partial charge in [-0.15, -0.1) is 12.4 Å². The number of aromatic amines is 1. The van der Waals surface area contributed by atoms with Crippen molar-refractivity contribution in [3.8, 4) is 0 Å². The number of hydrogen-bond acceptors (Lipinski definition) is 3. The topological polar surface area (TPSA) is 53.6 Å². The lowest BCUT2D eigenvalue weighted by atomic mass is 10.3. The number of anilines is 2. The van der Waals surface area contributed by atoms with E-state index in [4.69, 9.17) is 0 Å². The molecule has 4 nitrogen and oxygen atoms in total. The Morgan fingerprint density at radius 2 is 1.94 bits per heavy atom. The molecule has 0 atom stereocenters. The minimum Gasteiger partial charge on any atom is -0.346 e. The van der Waals surface area contributed by atoms with Gasteiger partial charge in [-0.2, -0.15) is 0 Å². The quantitative estimate of drug-likeness (QED) is 0.731. The molecule has 0 bridgehead atoms. The minimum atomic E-state index is 0. The van der Waals surface area contributed by atoms with Crippen molar-refractivity contribution in [1.82, 2.24) is 15.0 Å². The summed E-state index contributed by atoms with van der Waals surface area (Å²) in [7, 11) is 0. The molecular formula is C12H11ClN4. The van der Waals surface area contributed by atoms with E-state index in [9.17, 15) is 0 Å². The van der Waals surface area contributed by atoms with Crippen LogP contribution in [-0.2, 0) is 0 Å². The fraction of sp³-hybridized carbons (Fsp3) is 0. The van der Waals surface area contributed by atoms with Crippen molar-refractivity contribution in [2.45, 2.75) is 0 Å². The maximum Gasteiger partial charge on any atom is 0.139 e. The van der Waals surface area contributed by atoms with E-state index < -0.39 is 0 Å². The molecule has 0 fully saturated rings. The summed E-state index contributed by atoms with van der Waals surface area (Å²) < 4.78 is 0. The highest BCUT2D eigenvalue weighted by Crippen LogP contribution is 2.16. The number of pyridine rings is 2. The molecule has 0 unspecified atom stereocenters. The molecule has 86 valence electrons. The van der Waals surface area contributed by atoms with E-state index in [0.29, 0.717) is 0 Å². The summed E-state index contributed by atoms with van der Waals surface area (Å²) in [5.74, 6) is 1.58. The molecule has 0 aliphatic heterocycles. The first-order valence-corrected chi connectivity index (χ1v) is 5.04. The predicted molar refractivity (Wildman–Crippen MR) is 70.9 cm³/mol. The van der Waals surface area contributed by atoms with E-state index in [-0.39, 0.29) is 12.4 Å². The second-order valence-electron chi connectivity index (χ2n) is 3.45. The zero-order valence-electron chi connectivity index (χ0n) is 8.92. The molecule has 0 aliphatic rings. The van der Waals surface area contributed by atoms with Crippen LogP contribution in [0.4, 0.5) is 11.6 Å². The lowest BCUT2D eigenvalue weighted by Crippen LogP contribution is -1.95. The Kier molecular flexibility index (Phi) is 3.25. The molecule has 5 heteroatoms. The Balaban J connectivity index is 0.00000108. The third-order valence-electron chi connectivity index (χ3n) is 2.33. The van der Waals surface area contributed by atoms with Gasteiger partial charge in [0.2, 0.25) is 0 Å². The van der Waals surface area contributed by atoms with Gasteiger partial charge in [0.15, 0.2) is 0 Å². The SMILES string of the molecule is Cl.c1ccc(Nc2ccc3cc[nH]c3n2)nc1. The predicted octanol–water partition coefficient (Wildman–Crippen LogP) is 3.12. The highest BCUT2D eigenvalue weighted by molar-refractivity contribution is 5.85. The van der Waals surface area contributed by atoms with Crippen LogP contribution in [0.5, 0.6) is 0 Å². The summed E-state index contributed by atoms with van der Waals surface area (Å²) >= 11 is 0. The number of aromatic nitrogens is 3. The van der Waals surface area contributed by atoms with Gasteiger partial charge in [0.1, 0.15) is 17.3 Å². The first kappa shape index (κ1) is 11.4. The Morgan fingerprint density at radius 3 is 2.76 bits per heavy atom. The van der Waals surface area contributed by atoms with Crippen molar-refractivity contribution in [3.63, 3.8) is 0 Å². The van der Waals surface area contributed by atoms with Crippen molar-refractivity contribution in [3.05, 3.63) is 48.8 Å². The maximum atomic E-state index is 4.42. The van der Waals surface area contributed by atoms with E-state index in [1.54, 1.807) is 6.20 Å². The summed E-state index contributed by atoms with van der Waals surface area (Å²) in [6, 6.07) is 11.7. The van der Waals surface area contributed by atoms with E-state index in [2.05, 4.69) is 20.3 Å². The number of nitrogens with one attached hydrogen (secondary N) is 2. The molecule has 2 N–H and O–H groups in total. The van der Waals surface area contributed by atoms with Gasteiger partial charge in [-0.05, 0) is 30.3 Å². The highest BCUT2D eigenvalue weighted by Gasteiger charge is 1.99. The molecule has 0 spiro atoms. The standard InChI is InChI=1S/C12H10N4.ClH/c1-2-7-13-10(3-1)15-11-5-4-9-6-8-14-12(9)16-11;/h1-8H,(H2,13,14,15,16);1H. The normalized spacial score (nSPS) is 9.88. The molecule has 3 aromatic heterocycles. The monoisotopic (exact) mass is 246 g/mol. The summed E-state index contributed by atoms with van der Waals surface area (Å²) in [5, 5.41) is 4.25. The molecule has 3 aromatic rings. The maximum absolute atomic E-state index is 4.42. The molecule has 3 heterocycles. The smallest absolute Gasteiger partial charge is 0.139 e. The van der Waals surface area contributed by atoms with Gasteiger partial charge in [0.25, 0.3) is 0 Å². The zero-order valence-corrected chi connectivity index (χ0v) is 9.74. The molecule has 17 heavy (non-hydrogen) atoms. The number of fused-ring (bicyclic) bond motifs is 1. The van der Waals surface area contributed by atoms with Crippen LogP contribution in [0, 0.1) is 0 Å². The largest absolute Gasteiger partial charge is 0.346 e. The Morgan fingerprint density at radius 1 is 1.00 bits per heavy atom. The van der Waals surface area contributed by atoms with E-state index in [1.807, 2.05) is 42.6 Å². The Bertz CT molecular complexity index is 606. The summed E-state index contributed by atoms with van der Waals surface area (Å²) in [6.07, 6.45) is 3.62. The lowest BCUT2D eigenvalue weighted by molar-refractivity contribution is 1.26. The summed E-state index contributed by atoms with van der Waals surface area (Å²) in [6.45, 7) is 0. The molecule has 3 rings (SSSR count). The van der Waals surface area contributed by atoms with Gasteiger partial charge in [-0.25, -0.2) is 9.97 Å². The molecule has 0 saturated carbocycles. The molecule has 0 radical (unpaired) electrons. The van der Waals surface area contributed by atoms with Gasteiger partial charge in [0.05, 0.1) is 0 Å². The van der Waals surface area contributed by atoms with Gasteiger partial charge < -0.3 is 10.3 Å². The molecule has 0 aliphatic carbocycles. The molecule has 0 amide bonds. The number of hydrogen-bond donors (Lipinski definition) is 2. The van der Waals surface area contributed by atoms with Gasteiger partial charge in [-0.1, -0.05) is 6.07 Å². The van der Waals surface area contributed by atoms with E-state index >= 15 is 0 Å². The first-order chi connectivity index (χ1) is 7.92. The molecule has 0 aromatic carbocycles. The van der Waals surface area contributed by atoms with Crippen LogP contribution < -0.4 is 5.32 Å². The second-order valence-corrected chi connectivity index (χ2v) is 3.45. The van der Waals surface area contributed by atoms with Crippen LogP contribution >= 0.6 is 12.4 Å². The fourth-order valence-corrected chi connectivity index (χ4v) is 1.57. The Labute approximate surface area is 105 Å². The van der Waals surface area contributed by atoms with Gasteiger partial charge in [0, 0.05) is 17.8 Å². The molecule has 0 saturated heterocycles.